The molecule has 2 bridgehead atoms. The van der Waals surface area contributed by atoms with Crippen molar-refractivity contribution in [3.63, 3.8) is 0 Å². The van der Waals surface area contributed by atoms with Crippen LogP contribution >= 0.6 is 11.6 Å². The van der Waals surface area contributed by atoms with Crippen LogP contribution < -0.4 is 0 Å². The van der Waals surface area contributed by atoms with Crippen molar-refractivity contribution in [3.05, 3.63) is 16.9 Å². The molecule has 1 heterocycles. The summed E-state index contributed by atoms with van der Waals surface area (Å²) in [5, 5.41) is 7.87. The number of rotatable bonds is 1. The number of nitrogens with one attached hydrogen (secondary N) is 1. The topological polar surface area (TPSA) is 28.7 Å². The molecule has 2 aliphatic carbocycles. The summed E-state index contributed by atoms with van der Waals surface area (Å²) >= 11 is 6.06. The number of aromatic nitrogens is 2. The molecule has 3 heteroatoms. The minimum Gasteiger partial charge on any atom is -0.281 e. The van der Waals surface area contributed by atoms with Gasteiger partial charge >= 0.3 is 0 Å². The monoisotopic (exact) mass is 196 g/mol. The highest BCUT2D eigenvalue weighted by Gasteiger charge is 2.41. The van der Waals surface area contributed by atoms with Gasteiger partial charge in [0.1, 0.15) is 0 Å². The minimum absolute atomic E-state index is 0.675. The van der Waals surface area contributed by atoms with Crippen molar-refractivity contribution in [2.45, 2.75) is 31.6 Å². The predicted molar refractivity (Wildman–Crippen MR) is 51.8 cm³/mol. The second-order valence-electron chi connectivity index (χ2n) is 4.41. The van der Waals surface area contributed by atoms with E-state index in [1.54, 1.807) is 6.20 Å². The summed E-state index contributed by atoms with van der Waals surface area (Å²) in [5.41, 5.74) is 1.19. The molecular weight excluding hydrogens is 184 g/mol. The van der Waals surface area contributed by atoms with Gasteiger partial charge in [0.05, 0.1) is 16.9 Å². The van der Waals surface area contributed by atoms with Gasteiger partial charge in [-0.05, 0) is 31.1 Å². The van der Waals surface area contributed by atoms with Crippen LogP contribution in [0, 0.1) is 11.8 Å². The molecule has 1 N–H and O–H groups in total. The van der Waals surface area contributed by atoms with Gasteiger partial charge in [-0.25, -0.2) is 0 Å². The molecule has 2 saturated carbocycles. The summed E-state index contributed by atoms with van der Waals surface area (Å²) in [4.78, 5) is 0. The van der Waals surface area contributed by atoms with E-state index in [4.69, 9.17) is 11.6 Å². The SMILES string of the molecule is Clc1cn[nH]c1C1CC2CCC1C2. The summed E-state index contributed by atoms with van der Waals surface area (Å²) in [6, 6.07) is 0. The maximum atomic E-state index is 6.06. The van der Waals surface area contributed by atoms with Crippen molar-refractivity contribution in [1.29, 1.82) is 0 Å². The quantitative estimate of drug-likeness (QED) is 0.735. The van der Waals surface area contributed by atoms with Crippen molar-refractivity contribution in [3.8, 4) is 0 Å². The Hall–Kier alpha value is -0.500. The number of aromatic amines is 1. The largest absolute Gasteiger partial charge is 0.281 e. The molecule has 0 aliphatic heterocycles. The van der Waals surface area contributed by atoms with Crippen LogP contribution in [0.25, 0.3) is 0 Å². The van der Waals surface area contributed by atoms with Gasteiger partial charge in [0, 0.05) is 5.92 Å². The van der Waals surface area contributed by atoms with E-state index < -0.39 is 0 Å². The molecule has 3 atom stereocenters. The molecule has 2 aliphatic rings. The van der Waals surface area contributed by atoms with Crippen LogP contribution in [0.2, 0.25) is 5.02 Å². The summed E-state index contributed by atoms with van der Waals surface area (Å²) in [6.45, 7) is 0. The third-order valence-electron chi connectivity index (χ3n) is 3.73. The first kappa shape index (κ1) is 7.86. The molecule has 70 valence electrons. The van der Waals surface area contributed by atoms with E-state index in [2.05, 4.69) is 10.2 Å². The lowest BCUT2D eigenvalue weighted by atomic mass is 9.86. The van der Waals surface area contributed by atoms with Crippen LogP contribution in [-0.2, 0) is 0 Å². The first-order valence-electron chi connectivity index (χ1n) is 5.03. The summed E-state index contributed by atoms with van der Waals surface area (Å²) in [7, 11) is 0. The van der Waals surface area contributed by atoms with Crippen molar-refractivity contribution in [1.82, 2.24) is 10.2 Å². The molecule has 3 unspecified atom stereocenters. The molecular formula is C10H13ClN2. The predicted octanol–water partition coefficient (Wildman–Crippen LogP) is 2.97. The maximum Gasteiger partial charge on any atom is 0.0818 e. The van der Waals surface area contributed by atoms with Gasteiger partial charge in [0.15, 0.2) is 0 Å². The number of nitrogens with zero attached hydrogens (tertiary/aromatic N) is 1. The molecule has 13 heavy (non-hydrogen) atoms. The zero-order valence-corrected chi connectivity index (χ0v) is 8.22. The Balaban J connectivity index is 1.91. The van der Waals surface area contributed by atoms with Crippen LogP contribution in [0.15, 0.2) is 6.20 Å². The van der Waals surface area contributed by atoms with Crippen molar-refractivity contribution < 1.29 is 0 Å². The first-order chi connectivity index (χ1) is 6.34. The fourth-order valence-electron chi connectivity index (χ4n) is 3.14. The summed E-state index contributed by atoms with van der Waals surface area (Å²) in [5.74, 6) is 2.52. The molecule has 0 amide bonds. The second kappa shape index (κ2) is 2.74. The van der Waals surface area contributed by atoms with Crippen molar-refractivity contribution in [2.75, 3.05) is 0 Å². The zero-order valence-electron chi connectivity index (χ0n) is 7.46. The molecule has 0 aromatic carbocycles. The van der Waals surface area contributed by atoms with Crippen LogP contribution in [0.3, 0.4) is 0 Å². The van der Waals surface area contributed by atoms with Crippen LogP contribution in [-0.4, -0.2) is 10.2 Å². The van der Waals surface area contributed by atoms with E-state index in [1.165, 1.54) is 31.4 Å². The van der Waals surface area contributed by atoms with Crippen molar-refractivity contribution >= 4 is 11.6 Å². The average molecular weight is 197 g/mol. The van der Waals surface area contributed by atoms with Crippen LogP contribution in [0.1, 0.15) is 37.3 Å². The molecule has 0 saturated heterocycles. The van der Waals surface area contributed by atoms with Gasteiger partial charge in [-0.3, -0.25) is 5.10 Å². The highest BCUT2D eigenvalue weighted by Crippen LogP contribution is 2.53. The molecule has 0 spiro atoms. The molecule has 1 aromatic heterocycles. The Morgan fingerprint density at radius 3 is 2.85 bits per heavy atom. The van der Waals surface area contributed by atoms with Gasteiger partial charge < -0.3 is 0 Å². The number of fused-ring (bicyclic) bond motifs is 2. The van der Waals surface area contributed by atoms with E-state index >= 15 is 0 Å². The van der Waals surface area contributed by atoms with Gasteiger partial charge in [-0.2, -0.15) is 5.10 Å². The Bertz CT molecular complexity index is 320. The second-order valence-corrected chi connectivity index (χ2v) is 4.82. The lowest BCUT2D eigenvalue weighted by Gasteiger charge is -2.20. The Labute approximate surface area is 82.7 Å². The van der Waals surface area contributed by atoms with E-state index in [0.29, 0.717) is 5.92 Å². The van der Waals surface area contributed by atoms with Crippen LogP contribution in [0.5, 0.6) is 0 Å². The third-order valence-corrected chi connectivity index (χ3v) is 4.03. The standard InChI is InChI=1S/C10H13ClN2/c11-9-5-12-13-10(9)8-4-6-1-2-7(8)3-6/h5-8H,1-4H2,(H,12,13). The molecule has 1 aromatic rings. The smallest absolute Gasteiger partial charge is 0.0818 e. The first-order valence-corrected chi connectivity index (χ1v) is 5.41. The van der Waals surface area contributed by atoms with E-state index in [9.17, 15) is 0 Å². The van der Waals surface area contributed by atoms with Gasteiger partial charge in [0.2, 0.25) is 0 Å². The van der Waals surface area contributed by atoms with Gasteiger partial charge in [-0.1, -0.05) is 18.0 Å². The zero-order chi connectivity index (χ0) is 8.84. The Kier molecular flexibility index (Phi) is 1.66. The van der Waals surface area contributed by atoms with E-state index in [1.807, 2.05) is 0 Å². The minimum atomic E-state index is 0.675. The van der Waals surface area contributed by atoms with Crippen molar-refractivity contribution in [2.24, 2.45) is 11.8 Å². The molecule has 0 radical (unpaired) electrons. The van der Waals surface area contributed by atoms with Gasteiger partial charge in [0.25, 0.3) is 0 Å². The maximum absolute atomic E-state index is 6.06. The van der Waals surface area contributed by atoms with Crippen LogP contribution in [0.4, 0.5) is 0 Å². The highest BCUT2D eigenvalue weighted by atomic mass is 35.5. The summed E-state index contributed by atoms with van der Waals surface area (Å²) < 4.78 is 0. The number of hydrogen-bond donors (Lipinski definition) is 1. The fourth-order valence-corrected chi connectivity index (χ4v) is 3.37. The Morgan fingerprint density at radius 2 is 2.31 bits per heavy atom. The molecule has 3 rings (SSSR count). The highest BCUT2D eigenvalue weighted by molar-refractivity contribution is 6.31. The number of halogens is 1. The number of H-pyrrole nitrogens is 1. The number of hydrogen-bond acceptors (Lipinski definition) is 1. The van der Waals surface area contributed by atoms with E-state index in [0.717, 1.165) is 16.9 Å². The lowest BCUT2D eigenvalue weighted by molar-refractivity contribution is 0.413. The normalized spacial score (nSPS) is 37.2. The lowest BCUT2D eigenvalue weighted by Crippen LogP contribution is -2.09. The molecule has 2 nitrogen and oxygen atoms in total. The Morgan fingerprint density at radius 1 is 1.38 bits per heavy atom. The molecule has 2 fully saturated rings. The van der Waals surface area contributed by atoms with Gasteiger partial charge in [-0.15, -0.1) is 0 Å². The third kappa shape index (κ3) is 1.12. The van der Waals surface area contributed by atoms with E-state index in [-0.39, 0.29) is 0 Å². The summed E-state index contributed by atoms with van der Waals surface area (Å²) in [6.07, 6.45) is 7.30. The average Bonchev–Trinajstić information content (AvgIpc) is 2.77. The fraction of sp³-hybridized carbons (Fsp3) is 0.700.